The Hall–Kier alpha value is 0.00377. The molecular weight excluding hydrogens is 413 g/mol. The van der Waals surface area contributed by atoms with E-state index < -0.39 is 16.3 Å². The van der Waals surface area contributed by atoms with E-state index in [-0.39, 0.29) is 0 Å². The monoisotopic (exact) mass is 445 g/mol. The van der Waals surface area contributed by atoms with Crippen molar-refractivity contribution < 1.29 is 0 Å². The molecule has 0 N–H and O–H groups in total. The van der Waals surface area contributed by atoms with Crippen molar-refractivity contribution >= 4 is 38.9 Å². The second kappa shape index (κ2) is 7.27. The first-order valence-electron chi connectivity index (χ1n) is 8.34. The number of halogens is 1. The van der Waals surface area contributed by atoms with E-state index in [0.717, 1.165) is 0 Å². The first-order chi connectivity index (χ1) is 9.92. The molecule has 4 heteroatoms. The van der Waals surface area contributed by atoms with Gasteiger partial charge in [0.15, 0.2) is 8.24 Å². The fourth-order valence-electron chi connectivity index (χ4n) is 3.89. The van der Waals surface area contributed by atoms with Gasteiger partial charge in [0.2, 0.25) is 0 Å². The number of aromatic nitrogens is 1. The molecule has 0 spiro atoms. The van der Waals surface area contributed by atoms with Gasteiger partial charge >= 0.3 is 0 Å². The quantitative estimate of drug-likeness (QED) is 0.289. The van der Waals surface area contributed by atoms with Gasteiger partial charge in [-0.3, -0.25) is 0 Å². The molecule has 0 fully saturated rings. The van der Waals surface area contributed by atoms with E-state index in [2.05, 4.69) is 112 Å². The molecule has 0 aliphatic carbocycles. The molecule has 0 aliphatic heterocycles. The Balaban J connectivity index is 3.44. The lowest BCUT2D eigenvalue weighted by Crippen LogP contribution is -2.51. The summed E-state index contributed by atoms with van der Waals surface area (Å²) < 4.78 is 3.91. The molecule has 0 aromatic carbocycles. The van der Waals surface area contributed by atoms with Crippen LogP contribution in [-0.4, -0.2) is 20.5 Å². The van der Waals surface area contributed by atoms with E-state index in [1.807, 2.05) is 0 Å². The topological polar surface area (TPSA) is 4.93 Å². The van der Waals surface area contributed by atoms with Crippen LogP contribution in [0.25, 0.3) is 0 Å². The lowest BCUT2D eigenvalue weighted by atomic mass is 10.4. The molecule has 0 bridgehead atoms. The second-order valence-corrected chi connectivity index (χ2v) is 19.9. The second-order valence-electron chi connectivity index (χ2n) is 8.28. The van der Waals surface area contributed by atoms with Crippen LogP contribution in [0.5, 0.6) is 0 Å². The van der Waals surface area contributed by atoms with Crippen molar-refractivity contribution in [2.24, 2.45) is 0 Å². The summed E-state index contributed by atoms with van der Waals surface area (Å²) in [5.74, 6) is 3.47. The van der Waals surface area contributed by atoms with Crippen molar-refractivity contribution in [3.63, 3.8) is 0 Å². The summed E-state index contributed by atoms with van der Waals surface area (Å²) in [5, 5.41) is 0. The number of rotatable bonds is 4. The lowest BCUT2D eigenvalue weighted by molar-refractivity contribution is 0.765. The van der Waals surface area contributed by atoms with Gasteiger partial charge in [-0.15, -0.1) is 5.54 Å². The van der Waals surface area contributed by atoms with E-state index in [1.54, 1.807) is 0 Å². The molecule has 0 radical (unpaired) electrons. The average Bonchev–Trinajstić information content (AvgIpc) is 2.66. The summed E-state index contributed by atoms with van der Waals surface area (Å²) in [5.41, 5.74) is 6.89. The van der Waals surface area contributed by atoms with E-state index in [0.29, 0.717) is 16.6 Å². The maximum absolute atomic E-state index is 3.52. The third kappa shape index (κ3) is 4.09. The van der Waals surface area contributed by atoms with Crippen LogP contribution in [-0.2, 0) is 0 Å². The molecular formula is C18H32INSi2. The zero-order valence-electron chi connectivity index (χ0n) is 15.7. The first kappa shape index (κ1) is 20.0. The summed E-state index contributed by atoms with van der Waals surface area (Å²) in [7, 11) is -2.96. The van der Waals surface area contributed by atoms with Gasteiger partial charge in [0.1, 0.15) is 8.07 Å². The molecule has 0 unspecified atom stereocenters. The van der Waals surface area contributed by atoms with Gasteiger partial charge in [0, 0.05) is 16.0 Å². The van der Waals surface area contributed by atoms with Gasteiger partial charge in [-0.05, 0) is 39.2 Å². The molecule has 1 rings (SSSR count). The molecule has 0 amide bonds. The van der Waals surface area contributed by atoms with E-state index in [1.165, 1.54) is 9.13 Å². The predicted molar refractivity (Wildman–Crippen MR) is 114 cm³/mol. The van der Waals surface area contributed by atoms with Gasteiger partial charge in [-0.2, -0.15) is 0 Å². The molecule has 0 aliphatic rings. The standard InChI is InChI=1S/C18H32INSi2/c1-14(2)22(15(3)4,16(5)6)20-12-17(18(19)13-20)10-11-21(7,8)9/h12-16H,1-9H3. The highest BCUT2D eigenvalue weighted by Crippen LogP contribution is 2.43. The first-order valence-corrected chi connectivity index (χ1v) is 15.1. The van der Waals surface area contributed by atoms with Crippen LogP contribution < -0.4 is 0 Å². The Kier molecular flexibility index (Phi) is 6.62. The number of hydrogen-bond acceptors (Lipinski definition) is 0. The lowest BCUT2D eigenvalue weighted by Gasteiger charge is -2.44. The summed E-state index contributed by atoms with van der Waals surface area (Å²) in [6.07, 6.45) is 4.71. The Morgan fingerprint density at radius 1 is 0.909 bits per heavy atom. The van der Waals surface area contributed by atoms with Crippen LogP contribution >= 0.6 is 22.6 Å². The van der Waals surface area contributed by atoms with Gasteiger partial charge in [-0.1, -0.05) is 67.1 Å². The van der Waals surface area contributed by atoms with Gasteiger partial charge in [0.05, 0.1) is 5.56 Å². The van der Waals surface area contributed by atoms with Crippen molar-refractivity contribution in [2.75, 3.05) is 0 Å². The minimum Gasteiger partial charge on any atom is -0.378 e. The minimum atomic E-state index is -1.63. The molecule has 1 nitrogen and oxygen atoms in total. The summed E-state index contributed by atoms with van der Waals surface area (Å²) in [4.78, 5) is 0. The molecule has 0 saturated heterocycles. The summed E-state index contributed by atoms with van der Waals surface area (Å²) >= 11 is 2.46. The summed E-state index contributed by atoms with van der Waals surface area (Å²) in [6, 6.07) is 0. The third-order valence-corrected chi connectivity index (χ3v) is 13.0. The third-order valence-electron chi connectivity index (χ3n) is 4.57. The summed E-state index contributed by atoms with van der Waals surface area (Å²) in [6.45, 7) is 21.4. The zero-order valence-corrected chi connectivity index (χ0v) is 19.9. The highest BCUT2D eigenvalue weighted by Gasteiger charge is 2.45. The highest BCUT2D eigenvalue weighted by atomic mass is 127. The van der Waals surface area contributed by atoms with Crippen molar-refractivity contribution in [3.8, 4) is 11.5 Å². The average molecular weight is 446 g/mol. The number of hydrogen-bond donors (Lipinski definition) is 0. The minimum absolute atomic E-state index is 0.716. The Bertz CT molecular complexity index is 546. The van der Waals surface area contributed by atoms with Crippen molar-refractivity contribution in [3.05, 3.63) is 21.5 Å². The largest absolute Gasteiger partial charge is 0.378 e. The Labute approximate surface area is 153 Å². The molecule has 0 atom stereocenters. The molecule has 124 valence electrons. The fourth-order valence-corrected chi connectivity index (χ4v) is 11.7. The zero-order chi connectivity index (χ0) is 17.3. The van der Waals surface area contributed by atoms with Crippen LogP contribution in [0.2, 0.25) is 36.3 Å². The Morgan fingerprint density at radius 2 is 1.36 bits per heavy atom. The maximum atomic E-state index is 3.52. The van der Waals surface area contributed by atoms with Crippen molar-refractivity contribution in [1.82, 2.24) is 4.23 Å². The fraction of sp³-hybridized carbons (Fsp3) is 0.667. The van der Waals surface area contributed by atoms with Crippen LogP contribution in [0.4, 0.5) is 0 Å². The molecule has 1 heterocycles. The van der Waals surface area contributed by atoms with Crippen LogP contribution in [0.15, 0.2) is 12.4 Å². The highest BCUT2D eigenvalue weighted by molar-refractivity contribution is 14.1. The van der Waals surface area contributed by atoms with Crippen LogP contribution in [0.3, 0.4) is 0 Å². The van der Waals surface area contributed by atoms with E-state index >= 15 is 0 Å². The number of nitrogens with zero attached hydrogens (tertiary/aromatic N) is 1. The SMILES string of the molecule is CC(C)[Si](C(C)C)(C(C)C)n1cc(I)c(C#C[Si](C)(C)C)c1. The van der Waals surface area contributed by atoms with Gasteiger partial charge in [0.25, 0.3) is 0 Å². The smallest absolute Gasteiger partial charge is 0.168 e. The molecule has 22 heavy (non-hydrogen) atoms. The van der Waals surface area contributed by atoms with Crippen LogP contribution in [0, 0.1) is 15.0 Å². The van der Waals surface area contributed by atoms with Gasteiger partial charge in [-0.25, -0.2) is 0 Å². The molecule has 0 saturated carbocycles. The van der Waals surface area contributed by atoms with E-state index in [4.69, 9.17) is 0 Å². The molecule has 1 aromatic heterocycles. The van der Waals surface area contributed by atoms with E-state index in [9.17, 15) is 0 Å². The Morgan fingerprint density at radius 3 is 1.73 bits per heavy atom. The predicted octanol–water partition coefficient (Wildman–Crippen LogP) is 6.35. The van der Waals surface area contributed by atoms with Gasteiger partial charge < -0.3 is 4.23 Å². The van der Waals surface area contributed by atoms with Crippen LogP contribution in [0.1, 0.15) is 47.1 Å². The molecule has 1 aromatic rings. The van der Waals surface area contributed by atoms with Crippen molar-refractivity contribution in [2.45, 2.75) is 77.8 Å². The van der Waals surface area contributed by atoms with Crippen molar-refractivity contribution in [1.29, 1.82) is 0 Å². The normalized spacial score (nSPS) is 13.0. The maximum Gasteiger partial charge on any atom is 0.168 e.